The number of ketones is 1. The van der Waals surface area contributed by atoms with Gasteiger partial charge in [-0.15, -0.1) is 0 Å². The van der Waals surface area contributed by atoms with E-state index in [1.165, 1.54) is 6.33 Å². The Labute approximate surface area is 130 Å². The van der Waals surface area contributed by atoms with E-state index in [2.05, 4.69) is 15.0 Å². The van der Waals surface area contributed by atoms with Crippen LogP contribution in [-0.2, 0) is 24.8 Å². The van der Waals surface area contributed by atoms with Crippen LogP contribution in [0.25, 0.3) is 0 Å². The monoisotopic (exact) mass is 303 g/mol. The van der Waals surface area contributed by atoms with Gasteiger partial charge in [-0.25, -0.2) is 19.1 Å². The molecule has 0 spiro atoms. The average molecular weight is 303 g/mol. The Kier molecular flexibility index (Phi) is 5.57. The number of hydrogen-bond acceptors (Lipinski definition) is 5. The predicted molar refractivity (Wildman–Crippen MR) is 82.3 cm³/mol. The summed E-state index contributed by atoms with van der Waals surface area (Å²) in [6, 6.07) is 0. The average Bonchev–Trinajstić information content (AvgIpc) is 2.91. The van der Waals surface area contributed by atoms with Gasteiger partial charge in [0.2, 0.25) is 12.3 Å². The molecule has 0 radical (unpaired) electrons. The van der Waals surface area contributed by atoms with E-state index in [1.807, 2.05) is 53.9 Å². The molecule has 22 heavy (non-hydrogen) atoms. The summed E-state index contributed by atoms with van der Waals surface area (Å²) in [4.78, 5) is 26.3. The molecule has 0 aliphatic rings. The molecule has 0 bridgehead atoms. The lowest BCUT2D eigenvalue weighted by molar-refractivity contribution is -0.671. The highest BCUT2D eigenvalue weighted by atomic mass is 16.1. The lowest BCUT2D eigenvalue weighted by Gasteiger charge is -2.09. The van der Waals surface area contributed by atoms with Crippen molar-refractivity contribution < 1.29 is 9.36 Å². The van der Waals surface area contributed by atoms with Crippen LogP contribution in [0.1, 0.15) is 25.1 Å². The maximum atomic E-state index is 11.9. The van der Waals surface area contributed by atoms with Gasteiger partial charge in [0.05, 0.1) is 13.6 Å². The summed E-state index contributed by atoms with van der Waals surface area (Å²) in [7, 11) is 5.75. The van der Waals surface area contributed by atoms with Gasteiger partial charge in [0.1, 0.15) is 30.3 Å². The van der Waals surface area contributed by atoms with Crippen molar-refractivity contribution in [2.24, 2.45) is 7.05 Å². The first-order valence-electron chi connectivity index (χ1n) is 7.42. The zero-order chi connectivity index (χ0) is 15.9. The lowest BCUT2D eigenvalue weighted by Crippen LogP contribution is -2.23. The fourth-order valence-corrected chi connectivity index (χ4v) is 2.11. The van der Waals surface area contributed by atoms with Crippen molar-refractivity contribution in [3.05, 3.63) is 30.9 Å². The highest BCUT2D eigenvalue weighted by molar-refractivity contribution is 5.78. The van der Waals surface area contributed by atoms with E-state index < -0.39 is 0 Å². The molecule has 2 rings (SSSR count). The highest BCUT2D eigenvalue weighted by Crippen LogP contribution is 2.05. The van der Waals surface area contributed by atoms with Crippen LogP contribution in [0.3, 0.4) is 0 Å². The number of imidazole rings is 1. The Balaban J connectivity index is 1.71. The minimum absolute atomic E-state index is 0.276. The van der Waals surface area contributed by atoms with Crippen LogP contribution in [0.5, 0.6) is 0 Å². The first kappa shape index (κ1) is 16.1. The third-order valence-corrected chi connectivity index (χ3v) is 3.34. The molecule has 0 N–H and O–H groups in total. The summed E-state index contributed by atoms with van der Waals surface area (Å²) in [6.45, 7) is 0.732. The molecular weight excluding hydrogens is 280 g/mol. The summed E-state index contributed by atoms with van der Waals surface area (Å²) in [5.74, 6) is 1.67. The lowest BCUT2D eigenvalue weighted by atomic mass is 10.1. The molecule has 0 atom stereocenters. The van der Waals surface area contributed by atoms with E-state index in [0.29, 0.717) is 25.2 Å². The standard InChI is InChI=1S/C15H23N6O/c1-19(2)15-17-11-16-14(18-15)6-4-5-13(22)7-8-21-10-9-20(3)12-21/h9-12H,4-8H2,1-3H3/q+1. The maximum absolute atomic E-state index is 11.9. The highest BCUT2D eigenvalue weighted by Gasteiger charge is 2.08. The molecule has 0 aromatic carbocycles. The van der Waals surface area contributed by atoms with E-state index in [1.54, 1.807) is 0 Å². The molecule has 7 nitrogen and oxygen atoms in total. The van der Waals surface area contributed by atoms with Crippen molar-refractivity contribution in [3.63, 3.8) is 0 Å². The summed E-state index contributed by atoms with van der Waals surface area (Å²) in [5.41, 5.74) is 0. The van der Waals surface area contributed by atoms with Crippen LogP contribution >= 0.6 is 0 Å². The SMILES string of the molecule is CN(C)c1ncnc(CCCC(=O)CCn2cc[n+](C)c2)n1. The van der Waals surface area contributed by atoms with E-state index >= 15 is 0 Å². The van der Waals surface area contributed by atoms with Gasteiger partial charge in [-0.3, -0.25) is 4.79 Å². The number of anilines is 1. The fraction of sp³-hybridized carbons (Fsp3) is 0.533. The van der Waals surface area contributed by atoms with Crippen molar-refractivity contribution in [2.75, 3.05) is 19.0 Å². The number of aromatic nitrogens is 5. The number of carbonyl (C=O) groups is 1. The summed E-state index contributed by atoms with van der Waals surface area (Å²) >= 11 is 0. The smallest absolute Gasteiger partial charge is 0.243 e. The van der Waals surface area contributed by atoms with Gasteiger partial charge in [0.15, 0.2) is 0 Å². The number of carbonyl (C=O) groups excluding carboxylic acids is 1. The second kappa shape index (κ2) is 7.63. The molecule has 2 aromatic heterocycles. The number of hydrogen-bond donors (Lipinski definition) is 0. The zero-order valence-corrected chi connectivity index (χ0v) is 13.4. The fourth-order valence-electron chi connectivity index (χ4n) is 2.11. The van der Waals surface area contributed by atoms with Crippen molar-refractivity contribution in [1.82, 2.24) is 19.5 Å². The quantitative estimate of drug-likeness (QED) is 0.666. The van der Waals surface area contributed by atoms with Crippen LogP contribution in [0.15, 0.2) is 25.0 Å². The topological polar surface area (TPSA) is 67.8 Å². The molecule has 0 saturated heterocycles. The van der Waals surface area contributed by atoms with Gasteiger partial charge in [-0.2, -0.15) is 4.98 Å². The van der Waals surface area contributed by atoms with Crippen LogP contribution in [0.2, 0.25) is 0 Å². The van der Waals surface area contributed by atoms with Gasteiger partial charge < -0.3 is 4.90 Å². The Morgan fingerprint density at radius 2 is 2.14 bits per heavy atom. The third-order valence-electron chi connectivity index (χ3n) is 3.34. The van der Waals surface area contributed by atoms with Crippen LogP contribution < -0.4 is 9.47 Å². The van der Waals surface area contributed by atoms with Crippen molar-refractivity contribution in [3.8, 4) is 0 Å². The molecule has 118 valence electrons. The first-order valence-corrected chi connectivity index (χ1v) is 7.42. The van der Waals surface area contributed by atoms with Gasteiger partial charge in [-0.05, 0) is 6.42 Å². The number of Topliss-reactive ketones (excluding diaryl/α,β-unsaturated/α-hetero) is 1. The molecule has 0 unspecified atom stereocenters. The van der Waals surface area contributed by atoms with E-state index in [-0.39, 0.29) is 5.78 Å². The third kappa shape index (κ3) is 4.91. The van der Waals surface area contributed by atoms with Crippen molar-refractivity contribution in [1.29, 1.82) is 0 Å². The Bertz CT molecular complexity index is 622. The Hall–Kier alpha value is -2.31. The minimum Gasteiger partial charge on any atom is -0.347 e. The minimum atomic E-state index is 0.276. The molecule has 7 heteroatoms. The molecular formula is C15H23N6O+. The molecule has 0 saturated carbocycles. The molecule has 0 aliphatic heterocycles. The second-order valence-electron chi connectivity index (χ2n) is 5.56. The molecule has 0 fully saturated rings. The summed E-state index contributed by atoms with van der Waals surface area (Å²) in [5, 5.41) is 0. The van der Waals surface area contributed by atoms with Gasteiger partial charge in [-0.1, -0.05) is 0 Å². The predicted octanol–water partition coefficient (Wildman–Crippen LogP) is 0.546. The zero-order valence-electron chi connectivity index (χ0n) is 13.4. The summed E-state index contributed by atoms with van der Waals surface area (Å²) < 4.78 is 3.99. The Morgan fingerprint density at radius 1 is 1.32 bits per heavy atom. The Morgan fingerprint density at radius 3 is 2.82 bits per heavy atom. The molecule has 0 aliphatic carbocycles. The summed E-state index contributed by atoms with van der Waals surface area (Å²) in [6.07, 6.45) is 10.0. The molecule has 0 amide bonds. The van der Waals surface area contributed by atoms with Crippen LogP contribution in [0, 0.1) is 0 Å². The van der Waals surface area contributed by atoms with Crippen LogP contribution in [-0.4, -0.2) is 39.4 Å². The first-order chi connectivity index (χ1) is 10.5. The van der Waals surface area contributed by atoms with Gasteiger partial charge in [0, 0.05) is 33.4 Å². The van der Waals surface area contributed by atoms with E-state index in [4.69, 9.17) is 0 Å². The van der Waals surface area contributed by atoms with Gasteiger partial charge >= 0.3 is 0 Å². The van der Waals surface area contributed by atoms with Crippen molar-refractivity contribution >= 4 is 11.7 Å². The molecule has 2 aromatic rings. The number of rotatable bonds is 8. The second-order valence-corrected chi connectivity index (χ2v) is 5.56. The van der Waals surface area contributed by atoms with Crippen molar-refractivity contribution in [2.45, 2.75) is 32.2 Å². The largest absolute Gasteiger partial charge is 0.347 e. The number of nitrogens with zero attached hydrogens (tertiary/aromatic N) is 6. The van der Waals surface area contributed by atoms with E-state index in [9.17, 15) is 4.79 Å². The molecule has 2 heterocycles. The van der Waals surface area contributed by atoms with Gasteiger partial charge in [0.25, 0.3) is 0 Å². The van der Waals surface area contributed by atoms with E-state index in [0.717, 1.165) is 18.8 Å². The normalized spacial score (nSPS) is 10.7. The van der Waals surface area contributed by atoms with Crippen LogP contribution in [0.4, 0.5) is 5.95 Å². The maximum Gasteiger partial charge on any atom is 0.243 e. The number of aryl methyl sites for hydroxylation is 3.